The van der Waals surface area contributed by atoms with Gasteiger partial charge in [-0.2, -0.15) is 15.6 Å². The highest BCUT2D eigenvalue weighted by molar-refractivity contribution is 7.98. The number of benzene rings is 2. The highest BCUT2D eigenvalue weighted by atomic mass is 32.2. The number of phenols is 1. The van der Waals surface area contributed by atoms with E-state index in [4.69, 9.17) is 0 Å². The number of thioether (sulfide) groups is 1. The zero-order chi connectivity index (χ0) is 21.8. The van der Waals surface area contributed by atoms with Gasteiger partial charge in [-0.25, -0.2) is 8.42 Å². The van der Waals surface area contributed by atoms with E-state index in [1.54, 1.807) is 35.2 Å². The van der Waals surface area contributed by atoms with E-state index in [0.717, 1.165) is 23.5 Å². The molecule has 0 spiro atoms. The first-order chi connectivity index (χ1) is 14.9. The lowest BCUT2D eigenvalue weighted by atomic mass is 10.2. The molecule has 31 heavy (non-hydrogen) atoms. The molecule has 1 aliphatic rings. The maximum Gasteiger partial charge on any atom is 0.256 e. The molecule has 1 amide bonds. The van der Waals surface area contributed by atoms with Gasteiger partial charge in [0.25, 0.3) is 5.91 Å². The molecule has 0 unspecified atom stereocenters. The van der Waals surface area contributed by atoms with Crippen molar-refractivity contribution in [2.75, 3.05) is 18.4 Å². The highest BCUT2D eigenvalue weighted by Crippen LogP contribution is 2.31. The summed E-state index contributed by atoms with van der Waals surface area (Å²) in [5, 5.41) is 17.0. The molecule has 1 saturated heterocycles. The summed E-state index contributed by atoms with van der Waals surface area (Å²) in [6.45, 7) is 0.971. The zero-order valence-electron chi connectivity index (χ0n) is 16.7. The van der Waals surface area contributed by atoms with Crippen molar-refractivity contribution in [3.8, 4) is 5.75 Å². The summed E-state index contributed by atoms with van der Waals surface area (Å²) in [6.07, 6.45) is 1.67. The summed E-state index contributed by atoms with van der Waals surface area (Å²) in [5.41, 5.74) is 1.72. The number of carbonyl (C=O) groups is 1. The van der Waals surface area contributed by atoms with E-state index in [0.29, 0.717) is 18.7 Å². The van der Waals surface area contributed by atoms with Crippen LogP contribution < -0.4 is 5.32 Å². The summed E-state index contributed by atoms with van der Waals surface area (Å²) in [6, 6.07) is 13.3. The normalized spacial score (nSPS) is 14.6. The van der Waals surface area contributed by atoms with Gasteiger partial charge in [0.05, 0.1) is 16.1 Å². The maximum atomic E-state index is 13.0. The summed E-state index contributed by atoms with van der Waals surface area (Å²) in [5.74, 6) is 0.152. The third kappa shape index (κ3) is 4.95. The molecule has 1 fully saturated rings. The number of thiophene rings is 1. The van der Waals surface area contributed by atoms with Crippen LogP contribution >= 0.6 is 23.1 Å². The number of hydrogen-bond donors (Lipinski definition) is 2. The van der Waals surface area contributed by atoms with Crippen molar-refractivity contribution in [3.63, 3.8) is 0 Å². The highest BCUT2D eigenvalue weighted by Gasteiger charge is 2.28. The molecule has 2 heterocycles. The van der Waals surface area contributed by atoms with Crippen LogP contribution in [-0.4, -0.2) is 36.8 Å². The Hall–Kier alpha value is -2.33. The summed E-state index contributed by atoms with van der Waals surface area (Å²) in [4.78, 5) is 13.8. The van der Waals surface area contributed by atoms with Gasteiger partial charge in [0.1, 0.15) is 5.75 Å². The number of anilines is 1. The van der Waals surface area contributed by atoms with Crippen molar-refractivity contribution in [1.82, 2.24) is 4.31 Å². The molecule has 0 atom stereocenters. The van der Waals surface area contributed by atoms with E-state index in [1.165, 1.54) is 28.1 Å². The van der Waals surface area contributed by atoms with Crippen LogP contribution in [0.4, 0.5) is 5.69 Å². The van der Waals surface area contributed by atoms with Crippen molar-refractivity contribution in [3.05, 3.63) is 70.4 Å². The minimum atomic E-state index is -3.65. The fourth-order valence-electron chi connectivity index (χ4n) is 3.36. The van der Waals surface area contributed by atoms with Crippen LogP contribution in [0, 0.1) is 0 Å². The van der Waals surface area contributed by atoms with E-state index in [2.05, 4.69) is 10.7 Å². The Bertz CT molecular complexity index is 1170. The van der Waals surface area contributed by atoms with E-state index in [-0.39, 0.29) is 16.3 Å². The molecule has 4 rings (SSSR count). The van der Waals surface area contributed by atoms with E-state index >= 15 is 0 Å². The van der Waals surface area contributed by atoms with Gasteiger partial charge in [0.2, 0.25) is 10.0 Å². The van der Waals surface area contributed by atoms with Gasteiger partial charge in [-0.15, -0.1) is 11.8 Å². The molecule has 0 saturated carbocycles. The van der Waals surface area contributed by atoms with Gasteiger partial charge in [-0.05, 0) is 65.6 Å². The first-order valence-electron chi connectivity index (χ1n) is 9.82. The standard InChI is InChI=1S/C22H22N2O4S3/c25-20-8-7-17(31(27,28)24-10-3-4-11-24)13-19(20)23-22(26)18-5-1-2-6-21(18)30-15-16-9-12-29-14-16/h1-2,5-9,12-14,25H,3-4,10-11,15H2,(H,23,26). The minimum Gasteiger partial charge on any atom is -0.506 e. The predicted molar refractivity (Wildman–Crippen MR) is 124 cm³/mol. The Morgan fingerprint density at radius 2 is 1.90 bits per heavy atom. The van der Waals surface area contributed by atoms with Gasteiger partial charge < -0.3 is 10.4 Å². The average molecular weight is 475 g/mol. The molecule has 162 valence electrons. The number of amides is 1. The fourth-order valence-corrected chi connectivity index (χ4v) is 6.67. The zero-order valence-corrected chi connectivity index (χ0v) is 19.1. The summed E-state index contributed by atoms with van der Waals surface area (Å²) in [7, 11) is -3.65. The summed E-state index contributed by atoms with van der Waals surface area (Å²) < 4.78 is 27.1. The number of nitrogens with zero attached hydrogens (tertiary/aromatic N) is 1. The number of carbonyl (C=O) groups excluding carboxylic acids is 1. The van der Waals surface area contributed by atoms with Crippen LogP contribution in [0.15, 0.2) is 69.1 Å². The van der Waals surface area contributed by atoms with Crippen molar-refractivity contribution in [1.29, 1.82) is 0 Å². The topological polar surface area (TPSA) is 86.7 Å². The van der Waals surface area contributed by atoms with Crippen LogP contribution in [0.2, 0.25) is 0 Å². The molecule has 3 aromatic rings. The van der Waals surface area contributed by atoms with Crippen molar-refractivity contribution < 1.29 is 18.3 Å². The van der Waals surface area contributed by atoms with Crippen LogP contribution in [0.5, 0.6) is 5.75 Å². The Kier molecular flexibility index (Phi) is 6.66. The van der Waals surface area contributed by atoms with E-state index in [9.17, 15) is 18.3 Å². The van der Waals surface area contributed by atoms with Crippen LogP contribution in [0.1, 0.15) is 28.8 Å². The maximum absolute atomic E-state index is 13.0. The molecule has 2 N–H and O–H groups in total. The summed E-state index contributed by atoms with van der Waals surface area (Å²) >= 11 is 3.18. The van der Waals surface area contributed by atoms with E-state index < -0.39 is 15.9 Å². The second-order valence-corrected chi connectivity index (χ2v) is 10.9. The number of hydrogen-bond acceptors (Lipinski definition) is 6. The lowest BCUT2D eigenvalue weighted by Gasteiger charge is -2.17. The van der Waals surface area contributed by atoms with Crippen LogP contribution in [-0.2, 0) is 15.8 Å². The first kappa shape index (κ1) is 21.9. The second-order valence-electron chi connectivity index (χ2n) is 7.16. The first-order valence-corrected chi connectivity index (χ1v) is 13.2. The molecule has 1 aromatic heterocycles. The molecular formula is C22H22N2O4S3. The Morgan fingerprint density at radius 3 is 2.65 bits per heavy atom. The van der Waals surface area contributed by atoms with Crippen LogP contribution in [0.25, 0.3) is 0 Å². The largest absolute Gasteiger partial charge is 0.506 e. The molecule has 0 radical (unpaired) electrons. The van der Waals surface area contributed by atoms with Gasteiger partial charge >= 0.3 is 0 Å². The van der Waals surface area contributed by atoms with Gasteiger partial charge in [-0.3, -0.25) is 4.79 Å². The monoisotopic (exact) mass is 474 g/mol. The Labute approximate surface area is 190 Å². The van der Waals surface area contributed by atoms with Crippen molar-refractivity contribution >= 4 is 44.7 Å². The molecule has 0 aliphatic carbocycles. The fraction of sp³-hybridized carbons (Fsp3) is 0.227. The number of aromatic hydroxyl groups is 1. The lowest BCUT2D eigenvalue weighted by molar-refractivity contribution is 0.102. The Balaban J connectivity index is 1.55. The molecule has 0 bridgehead atoms. The average Bonchev–Trinajstić information content (AvgIpc) is 3.48. The second kappa shape index (κ2) is 9.44. The molecule has 9 heteroatoms. The quantitative estimate of drug-likeness (QED) is 0.380. The Morgan fingerprint density at radius 1 is 1.13 bits per heavy atom. The van der Waals surface area contributed by atoms with Gasteiger partial charge in [-0.1, -0.05) is 12.1 Å². The molecular weight excluding hydrogens is 452 g/mol. The molecule has 1 aliphatic heterocycles. The van der Waals surface area contributed by atoms with Crippen molar-refractivity contribution in [2.24, 2.45) is 0 Å². The van der Waals surface area contributed by atoms with E-state index in [1.807, 2.05) is 23.6 Å². The third-order valence-electron chi connectivity index (χ3n) is 5.03. The van der Waals surface area contributed by atoms with Crippen LogP contribution in [0.3, 0.4) is 0 Å². The lowest BCUT2D eigenvalue weighted by Crippen LogP contribution is -2.28. The van der Waals surface area contributed by atoms with Gasteiger partial charge in [0.15, 0.2) is 0 Å². The van der Waals surface area contributed by atoms with Crippen molar-refractivity contribution in [2.45, 2.75) is 28.4 Å². The third-order valence-corrected chi connectivity index (χ3v) is 8.80. The minimum absolute atomic E-state index is 0.0580. The number of sulfonamides is 1. The number of rotatable bonds is 7. The smallest absolute Gasteiger partial charge is 0.256 e. The molecule has 6 nitrogen and oxygen atoms in total. The predicted octanol–water partition coefficient (Wildman–Crippen LogP) is 4.78. The molecule has 2 aromatic carbocycles. The van der Waals surface area contributed by atoms with Gasteiger partial charge in [0, 0.05) is 23.7 Å². The number of phenolic OH excluding ortho intramolecular Hbond substituents is 1. The SMILES string of the molecule is O=C(Nc1cc(S(=O)(=O)N2CCCC2)ccc1O)c1ccccc1SCc1ccsc1. The number of nitrogens with one attached hydrogen (secondary N) is 1.